The molecule has 1 aromatic heterocycles. The summed E-state index contributed by atoms with van der Waals surface area (Å²) in [5.41, 5.74) is 0. The Bertz CT molecular complexity index is 288. The van der Waals surface area contributed by atoms with Gasteiger partial charge in [-0.1, -0.05) is 6.58 Å². The molecule has 0 atom stereocenters. The molecular weight excluding hydrogens is 158 g/mol. The van der Waals surface area contributed by atoms with Crippen molar-refractivity contribution in [3.63, 3.8) is 0 Å². The van der Waals surface area contributed by atoms with Crippen LogP contribution in [0.5, 0.6) is 12.0 Å². The van der Waals surface area contributed by atoms with Crippen molar-refractivity contribution in [1.82, 2.24) is 15.0 Å². The van der Waals surface area contributed by atoms with Crippen molar-refractivity contribution >= 4 is 0 Å². The molecule has 0 unspecified atom stereocenters. The molecule has 12 heavy (non-hydrogen) atoms. The maximum atomic E-state index is 4.85. The lowest BCUT2D eigenvalue weighted by atomic mass is 10.7. The van der Waals surface area contributed by atoms with Gasteiger partial charge in [0.2, 0.25) is 0 Å². The highest BCUT2D eigenvalue weighted by Gasteiger charge is 2.02. The minimum absolute atomic E-state index is 0.189. The lowest BCUT2D eigenvalue weighted by Gasteiger charge is -2.00. The van der Waals surface area contributed by atoms with E-state index < -0.39 is 0 Å². The SMILES string of the molecule is C=COc1nc(C)nc(OC)n1. The van der Waals surface area contributed by atoms with Gasteiger partial charge in [-0.3, -0.25) is 0 Å². The second-order valence-corrected chi connectivity index (χ2v) is 1.94. The summed E-state index contributed by atoms with van der Waals surface area (Å²) in [6, 6.07) is 0.425. The third-order valence-corrected chi connectivity index (χ3v) is 1.08. The fourth-order valence-corrected chi connectivity index (χ4v) is 0.652. The predicted molar refractivity (Wildman–Crippen MR) is 41.9 cm³/mol. The van der Waals surface area contributed by atoms with E-state index in [4.69, 9.17) is 9.47 Å². The fourth-order valence-electron chi connectivity index (χ4n) is 0.652. The average Bonchev–Trinajstić information content (AvgIpc) is 2.04. The summed E-state index contributed by atoms with van der Waals surface area (Å²) < 4.78 is 9.66. The standard InChI is InChI=1S/C7H9N3O2/c1-4-12-7-9-5(2)8-6(10-7)11-3/h4H,1H2,2-3H3. The van der Waals surface area contributed by atoms with Gasteiger partial charge in [0.15, 0.2) is 0 Å². The third kappa shape index (κ3) is 1.91. The normalized spacial score (nSPS) is 9.17. The first kappa shape index (κ1) is 8.45. The van der Waals surface area contributed by atoms with E-state index in [2.05, 4.69) is 21.5 Å². The van der Waals surface area contributed by atoms with E-state index in [1.165, 1.54) is 13.4 Å². The van der Waals surface area contributed by atoms with E-state index in [0.717, 1.165) is 0 Å². The Hall–Kier alpha value is -1.65. The minimum atomic E-state index is 0.189. The summed E-state index contributed by atoms with van der Waals surface area (Å²) in [5.74, 6) is 0.540. The van der Waals surface area contributed by atoms with Crippen LogP contribution in [0.2, 0.25) is 0 Å². The molecule has 0 aromatic carbocycles. The van der Waals surface area contributed by atoms with Gasteiger partial charge in [0.1, 0.15) is 5.82 Å². The lowest BCUT2D eigenvalue weighted by Crippen LogP contribution is -1.99. The molecule has 0 fully saturated rings. The molecule has 5 nitrogen and oxygen atoms in total. The Balaban J connectivity index is 2.97. The molecule has 0 aliphatic carbocycles. The van der Waals surface area contributed by atoms with Crippen LogP contribution < -0.4 is 9.47 Å². The summed E-state index contributed by atoms with van der Waals surface area (Å²) in [7, 11) is 1.48. The van der Waals surface area contributed by atoms with Crippen molar-refractivity contribution < 1.29 is 9.47 Å². The molecule has 0 saturated carbocycles. The van der Waals surface area contributed by atoms with Gasteiger partial charge in [-0.15, -0.1) is 4.98 Å². The number of aryl methyl sites for hydroxylation is 1. The van der Waals surface area contributed by atoms with Gasteiger partial charge in [-0.25, -0.2) is 0 Å². The van der Waals surface area contributed by atoms with Gasteiger partial charge >= 0.3 is 12.0 Å². The van der Waals surface area contributed by atoms with Crippen molar-refractivity contribution in [2.75, 3.05) is 7.11 Å². The summed E-state index contributed by atoms with van der Waals surface area (Å²) in [6.45, 7) is 5.10. The number of rotatable bonds is 3. The highest BCUT2D eigenvalue weighted by Crippen LogP contribution is 2.07. The Labute approximate surface area is 70.1 Å². The average molecular weight is 167 g/mol. The van der Waals surface area contributed by atoms with Crippen LogP contribution in [0.3, 0.4) is 0 Å². The van der Waals surface area contributed by atoms with Crippen LogP contribution in [-0.4, -0.2) is 22.1 Å². The Morgan fingerprint density at radius 1 is 1.25 bits per heavy atom. The Morgan fingerprint density at radius 2 is 1.92 bits per heavy atom. The van der Waals surface area contributed by atoms with E-state index >= 15 is 0 Å². The van der Waals surface area contributed by atoms with Crippen LogP contribution in [0.1, 0.15) is 5.82 Å². The number of ether oxygens (including phenoxy) is 2. The van der Waals surface area contributed by atoms with Crippen LogP contribution in [0, 0.1) is 6.92 Å². The van der Waals surface area contributed by atoms with Crippen LogP contribution >= 0.6 is 0 Å². The highest BCUT2D eigenvalue weighted by molar-refractivity contribution is 5.04. The quantitative estimate of drug-likeness (QED) is 0.620. The molecule has 0 aliphatic rings. The van der Waals surface area contributed by atoms with Crippen molar-refractivity contribution in [2.24, 2.45) is 0 Å². The van der Waals surface area contributed by atoms with Gasteiger partial charge in [0.25, 0.3) is 0 Å². The summed E-state index contributed by atoms with van der Waals surface area (Å²) in [6.07, 6.45) is 1.24. The van der Waals surface area contributed by atoms with Crippen LogP contribution in [0.4, 0.5) is 0 Å². The first-order chi connectivity index (χ1) is 5.76. The zero-order valence-electron chi connectivity index (χ0n) is 6.94. The first-order valence-electron chi connectivity index (χ1n) is 3.30. The van der Waals surface area contributed by atoms with Gasteiger partial charge < -0.3 is 9.47 Å². The number of aromatic nitrogens is 3. The Kier molecular flexibility index (Phi) is 2.57. The molecule has 0 amide bonds. The van der Waals surface area contributed by atoms with E-state index in [-0.39, 0.29) is 12.0 Å². The number of hydrogen-bond donors (Lipinski definition) is 0. The van der Waals surface area contributed by atoms with Crippen LogP contribution in [0.25, 0.3) is 0 Å². The lowest BCUT2D eigenvalue weighted by molar-refractivity contribution is 0.356. The molecule has 5 heteroatoms. The molecule has 0 spiro atoms. The summed E-state index contributed by atoms with van der Waals surface area (Å²) in [5, 5.41) is 0. The van der Waals surface area contributed by atoms with Crippen LogP contribution in [-0.2, 0) is 0 Å². The van der Waals surface area contributed by atoms with Crippen molar-refractivity contribution in [3.8, 4) is 12.0 Å². The van der Waals surface area contributed by atoms with Gasteiger partial charge in [-0.2, -0.15) is 9.97 Å². The zero-order valence-corrected chi connectivity index (χ0v) is 6.94. The molecular formula is C7H9N3O2. The van der Waals surface area contributed by atoms with Crippen molar-refractivity contribution in [1.29, 1.82) is 0 Å². The van der Waals surface area contributed by atoms with Gasteiger partial charge in [0.05, 0.1) is 13.4 Å². The number of methoxy groups -OCH3 is 1. The molecule has 0 bridgehead atoms. The number of nitrogens with zero attached hydrogens (tertiary/aromatic N) is 3. The fraction of sp³-hybridized carbons (Fsp3) is 0.286. The molecule has 0 radical (unpaired) electrons. The largest absolute Gasteiger partial charge is 0.467 e. The zero-order chi connectivity index (χ0) is 8.97. The van der Waals surface area contributed by atoms with E-state index in [9.17, 15) is 0 Å². The molecule has 0 aliphatic heterocycles. The predicted octanol–water partition coefficient (Wildman–Crippen LogP) is 0.711. The number of hydrogen-bond acceptors (Lipinski definition) is 5. The van der Waals surface area contributed by atoms with E-state index in [1.54, 1.807) is 6.92 Å². The maximum absolute atomic E-state index is 4.85. The molecule has 64 valence electrons. The second-order valence-electron chi connectivity index (χ2n) is 1.94. The molecule has 1 aromatic rings. The van der Waals surface area contributed by atoms with E-state index in [0.29, 0.717) is 5.82 Å². The highest BCUT2D eigenvalue weighted by atomic mass is 16.5. The smallest absolute Gasteiger partial charge is 0.327 e. The third-order valence-electron chi connectivity index (χ3n) is 1.08. The molecule has 0 saturated heterocycles. The summed E-state index contributed by atoms with van der Waals surface area (Å²) >= 11 is 0. The molecule has 1 rings (SSSR count). The monoisotopic (exact) mass is 167 g/mol. The summed E-state index contributed by atoms with van der Waals surface area (Å²) in [4.78, 5) is 11.6. The van der Waals surface area contributed by atoms with Gasteiger partial charge in [0, 0.05) is 0 Å². The minimum Gasteiger partial charge on any atom is -0.467 e. The molecule has 1 heterocycles. The van der Waals surface area contributed by atoms with Crippen molar-refractivity contribution in [3.05, 3.63) is 18.7 Å². The Morgan fingerprint density at radius 3 is 2.50 bits per heavy atom. The van der Waals surface area contributed by atoms with Crippen LogP contribution in [0.15, 0.2) is 12.8 Å². The first-order valence-corrected chi connectivity index (χ1v) is 3.30. The second kappa shape index (κ2) is 3.66. The van der Waals surface area contributed by atoms with Gasteiger partial charge in [-0.05, 0) is 6.92 Å². The molecule has 0 N–H and O–H groups in total. The van der Waals surface area contributed by atoms with E-state index in [1.807, 2.05) is 0 Å². The topological polar surface area (TPSA) is 57.1 Å². The maximum Gasteiger partial charge on any atom is 0.327 e. The van der Waals surface area contributed by atoms with Crippen molar-refractivity contribution in [2.45, 2.75) is 6.92 Å².